The van der Waals surface area contributed by atoms with Crippen molar-refractivity contribution in [3.05, 3.63) is 83.7 Å². The quantitative estimate of drug-likeness (QED) is 0.753. The van der Waals surface area contributed by atoms with Gasteiger partial charge in [0.05, 0.1) is 5.56 Å². The Labute approximate surface area is 141 Å². The number of anilines is 1. The summed E-state index contributed by atoms with van der Waals surface area (Å²) >= 11 is 0. The minimum atomic E-state index is -4.35. The monoisotopic (exact) mass is 342 g/mol. The van der Waals surface area contributed by atoms with Crippen LogP contribution in [0.15, 0.2) is 67.0 Å². The van der Waals surface area contributed by atoms with Crippen LogP contribution in [0.5, 0.6) is 0 Å². The molecule has 3 aromatic rings. The predicted octanol–water partition coefficient (Wildman–Crippen LogP) is 4.35. The van der Waals surface area contributed by atoms with Crippen molar-refractivity contribution in [1.82, 2.24) is 14.8 Å². The van der Waals surface area contributed by atoms with Crippen LogP contribution in [0.1, 0.15) is 22.7 Å². The molecule has 4 rings (SSSR count). The lowest BCUT2D eigenvalue weighted by Crippen LogP contribution is -2.20. The van der Waals surface area contributed by atoms with E-state index in [1.54, 1.807) is 4.68 Å². The van der Waals surface area contributed by atoms with Gasteiger partial charge in [0.2, 0.25) is 5.95 Å². The summed E-state index contributed by atoms with van der Waals surface area (Å²) in [6, 6.07) is 14.5. The Bertz CT molecular complexity index is 911. The zero-order valence-corrected chi connectivity index (χ0v) is 12.9. The van der Waals surface area contributed by atoms with Gasteiger partial charge in [-0.1, -0.05) is 42.5 Å². The molecular formula is C18H13F3N4. The highest BCUT2D eigenvalue weighted by atomic mass is 19.4. The molecule has 0 amide bonds. The molecule has 0 fully saturated rings. The lowest BCUT2D eigenvalue weighted by molar-refractivity contribution is -0.137. The average molecular weight is 342 g/mol. The first-order valence-electron chi connectivity index (χ1n) is 7.63. The first-order valence-corrected chi connectivity index (χ1v) is 7.63. The van der Waals surface area contributed by atoms with Crippen molar-refractivity contribution in [2.24, 2.45) is 0 Å². The minimum Gasteiger partial charge on any atom is -0.324 e. The third kappa shape index (κ3) is 2.88. The summed E-state index contributed by atoms with van der Waals surface area (Å²) in [5.74, 6) is 0.547. The first-order chi connectivity index (χ1) is 12.0. The maximum atomic E-state index is 12.8. The second-order valence-corrected chi connectivity index (χ2v) is 5.66. The number of fused-ring (bicyclic) bond motifs is 1. The van der Waals surface area contributed by atoms with Crippen LogP contribution in [0, 0.1) is 0 Å². The molecule has 4 nitrogen and oxygen atoms in total. The SMILES string of the molecule is FC(F)(F)c1ccc([C@@H]2C=C(c3ccccc3)Nc3ncnn32)cc1. The van der Waals surface area contributed by atoms with Gasteiger partial charge in [-0.25, -0.2) is 4.68 Å². The van der Waals surface area contributed by atoms with Crippen molar-refractivity contribution in [3.8, 4) is 0 Å². The van der Waals surface area contributed by atoms with Gasteiger partial charge in [0.1, 0.15) is 12.4 Å². The molecule has 1 N–H and O–H groups in total. The van der Waals surface area contributed by atoms with Gasteiger partial charge in [0, 0.05) is 5.70 Å². The fraction of sp³-hybridized carbons (Fsp3) is 0.111. The van der Waals surface area contributed by atoms with E-state index >= 15 is 0 Å². The second-order valence-electron chi connectivity index (χ2n) is 5.66. The van der Waals surface area contributed by atoms with Gasteiger partial charge >= 0.3 is 6.18 Å². The number of hydrogen-bond donors (Lipinski definition) is 1. The Morgan fingerprint density at radius 1 is 0.960 bits per heavy atom. The molecule has 0 spiro atoms. The highest BCUT2D eigenvalue weighted by Crippen LogP contribution is 2.34. The standard InChI is InChI=1S/C18H13F3N4/c19-18(20,21)14-8-6-13(7-9-14)16-10-15(12-4-2-1-3-5-12)24-17-22-11-23-25(16)17/h1-11,16H,(H,22,23,24)/t16-/m0/s1. The van der Waals surface area contributed by atoms with E-state index < -0.39 is 11.7 Å². The number of aromatic nitrogens is 3. The zero-order chi connectivity index (χ0) is 17.4. The molecule has 7 heteroatoms. The lowest BCUT2D eigenvalue weighted by Gasteiger charge is -2.24. The molecule has 1 aromatic heterocycles. The van der Waals surface area contributed by atoms with Gasteiger partial charge in [0.15, 0.2) is 0 Å². The molecule has 25 heavy (non-hydrogen) atoms. The summed E-state index contributed by atoms with van der Waals surface area (Å²) < 4.78 is 40.0. The molecule has 0 saturated heterocycles. The van der Waals surface area contributed by atoms with E-state index in [-0.39, 0.29) is 6.04 Å². The van der Waals surface area contributed by atoms with Crippen LogP contribution in [0.3, 0.4) is 0 Å². The van der Waals surface area contributed by atoms with Crippen LogP contribution in [-0.2, 0) is 6.18 Å². The maximum absolute atomic E-state index is 12.8. The summed E-state index contributed by atoms with van der Waals surface area (Å²) in [7, 11) is 0. The van der Waals surface area contributed by atoms with Crippen LogP contribution in [0.4, 0.5) is 19.1 Å². The highest BCUT2D eigenvalue weighted by molar-refractivity contribution is 5.77. The second kappa shape index (κ2) is 5.77. The topological polar surface area (TPSA) is 42.7 Å². The Morgan fingerprint density at radius 2 is 1.68 bits per heavy atom. The van der Waals surface area contributed by atoms with Crippen LogP contribution < -0.4 is 5.32 Å². The summed E-state index contributed by atoms with van der Waals surface area (Å²) in [5.41, 5.74) is 1.84. The lowest BCUT2D eigenvalue weighted by atomic mass is 10.0. The number of nitrogens with one attached hydrogen (secondary N) is 1. The zero-order valence-electron chi connectivity index (χ0n) is 12.9. The Kier molecular flexibility index (Phi) is 3.56. The number of halogens is 3. The molecule has 126 valence electrons. The smallest absolute Gasteiger partial charge is 0.324 e. The number of hydrogen-bond acceptors (Lipinski definition) is 3. The first kappa shape index (κ1) is 15.4. The van der Waals surface area contributed by atoms with Crippen molar-refractivity contribution in [1.29, 1.82) is 0 Å². The molecule has 1 aliphatic rings. The van der Waals surface area contributed by atoms with Gasteiger partial charge in [-0.2, -0.15) is 23.3 Å². The van der Waals surface area contributed by atoms with Crippen LogP contribution in [0.25, 0.3) is 5.70 Å². The molecule has 0 saturated carbocycles. The van der Waals surface area contributed by atoms with Crippen molar-refractivity contribution in [3.63, 3.8) is 0 Å². The van der Waals surface area contributed by atoms with E-state index in [4.69, 9.17) is 0 Å². The van der Waals surface area contributed by atoms with Gasteiger partial charge in [-0.15, -0.1) is 0 Å². The molecule has 1 atom stereocenters. The molecule has 2 aromatic carbocycles. The molecule has 0 radical (unpaired) electrons. The third-order valence-corrected chi connectivity index (χ3v) is 4.07. The van der Waals surface area contributed by atoms with Crippen LogP contribution in [0.2, 0.25) is 0 Å². The molecule has 0 aliphatic carbocycles. The highest BCUT2D eigenvalue weighted by Gasteiger charge is 2.31. The van der Waals surface area contributed by atoms with Crippen molar-refractivity contribution in [2.45, 2.75) is 12.2 Å². The van der Waals surface area contributed by atoms with E-state index in [9.17, 15) is 13.2 Å². The summed E-state index contributed by atoms with van der Waals surface area (Å²) in [6.07, 6.45) is -1.00. The summed E-state index contributed by atoms with van der Waals surface area (Å²) in [6.45, 7) is 0. The van der Waals surface area contributed by atoms with Gasteiger partial charge in [-0.05, 0) is 29.3 Å². The number of allylic oxidation sites excluding steroid dienone is 1. The molecule has 0 bridgehead atoms. The normalized spacial score (nSPS) is 16.8. The van der Waals surface area contributed by atoms with Crippen LogP contribution in [-0.4, -0.2) is 14.8 Å². The van der Waals surface area contributed by atoms with Crippen molar-refractivity contribution < 1.29 is 13.2 Å². The minimum absolute atomic E-state index is 0.337. The van der Waals surface area contributed by atoms with E-state index in [0.717, 1.165) is 23.4 Å². The summed E-state index contributed by atoms with van der Waals surface area (Å²) in [4.78, 5) is 4.18. The Balaban J connectivity index is 1.76. The number of nitrogens with zero attached hydrogens (tertiary/aromatic N) is 3. The number of rotatable bonds is 2. The molecule has 2 heterocycles. The molecule has 1 aliphatic heterocycles. The van der Waals surface area contributed by atoms with Crippen molar-refractivity contribution in [2.75, 3.05) is 5.32 Å². The third-order valence-electron chi connectivity index (χ3n) is 4.07. The maximum Gasteiger partial charge on any atom is 0.416 e. The molecule has 0 unspecified atom stereocenters. The molecular weight excluding hydrogens is 329 g/mol. The Hall–Kier alpha value is -3.09. The van der Waals surface area contributed by atoms with E-state index in [1.165, 1.54) is 18.5 Å². The van der Waals surface area contributed by atoms with Gasteiger partial charge in [0.25, 0.3) is 0 Å². The Morgan fingerprint density at radius 3 is 2.36 bits per heavy atom. The largest absolute Gasteiger partial charge is 0.416 e. The number of benzene rings is 2. The average Bonchev–Trinajstić information content (AvgIpc) is 3.09. The van der Waals surface area contributed by atoms with E-state index in [0.29, 0.717) is 11.5 Å². The van der Waals surface area contributed by atoms with Gasteiger partial charge in [-0.3, -0.25) is 0 Å². The summed E-state index contributed by atoms with van der Waals surface area (Å²) in [5, 5.41) is 7.39. The van der Waals surface area contributed by atoms with E-state index in [1.807, 2.05) is 36.4 Å². The predicted molar refractivity (Wildman–Crippen MR) is 87.6 cm³/mol. The number of alkyl halides is 3. The van der Waals surface area contributed by atoms with E-state index in [2.05, 4.69) is 15.4 Å². The fourth-order valence-electron chi connectivity index (χ4n) is 2.83. The fourth-order valence-corrected chi connectivity index (χ4v) is 2.83. The van der Waals surface area contributed by atoms with Crippen LogP contribution >= 0.6 is 0 Å². The van der Waals surface area contributed by atoms with Crippen molar-refractivity contribution >= 4 is 11.6 Å². The van der Waals surface area contributed by atoms with Gasteiger partial charge < -0.3 is 5.32 Å².